The van der Waals surface area contributed by atoms with E-state index < -0.39 is 5.54 Å². The van der Waals surface area contributed by atoms with Gasteiger partial charge in [0.05, 0.1) is 5.54 Å². The zero-order chi connectivity index (χ0) is 15.0. The molecule has 0 radical (unpaired) electrons. The largest absolute Gasteiger partial charge is 0.493 e. The van der Waals surface area contributed by atoms with Crippen molar-refractivity contribution in [3.05, 3.63) is 46.0 Å². The highest BCUT2D eigenvalue weighted by atomic mass is 16.3. The van der Waals surface area contributed by atoms with Gasteiger partial charge in [-0.25, -0.2) is 0 Å². The minimum atomic E-state index is -0.623. The first-order valence-electron chi connectivity index (χ1n) is 7.19. The molecule has 1 aromatic carbocycles. The van der Waals surface area contributed by atoms with Gasteiger partial charge < -0.3 is 15.8 Å². The molecular formula is C16H19N3O2. The third-order valence-electron chi connectivity index (χ3n) is 4.17. The molecule has 110 valence electrons. The molecule has 0 atom stereocenters. The van der Waals surface area contributed by atoms with E-state index >= 15 is 0 Å². The van der Waals surface area contributed by atoms with Gasteiger partial charge in [-0.05, 0) is 25.3 Å². The molecular weight excluding hydrogens is 266 g/mol. The Hall–Kier alpha value is -2.14. The van der Waals surface area contributed by atoms with Crippen LogP contribution < -0.4 is 11.3 Å². The monoisotopic (exact) mass is 285 g/mol. The highest BCUT2D eigenvalue weighted by Gasteiger charge is 2.34. The first-order chi connectivity index (χ1) is 9.99. The lowest BCUT2D eigenvalue weighted by Crippen LogP contribution is -2.37. The van der Waals surface area contributed by atoms with Crippen molar-refractivity contribution in [1.29, 1.82) is 0 Å². The maximum Gasteiger partial charge on any atom is 0.262 e. The topological polar surface area (TPSA) is 92.0 Å². The van der Waals surface area contributed by atoms with Gasteiger partial charge in [0.2, 0.25) is 5.88 Å². The van der Waals surface area contributed by atoms with Crippen LogP contribution >= 0.6 is 0 Å². The summed E-state index contributed by atoms with van der Waals surface area (Å²) in [6.07, 6.45) is 3.58. The van der Waals surface area contributed by atoms with E-state index in [1.165, 1.54) is 0 Å². The van der Waals surface area contributed by atoms with Crippen LogP contribution in [0.15, 0.2) is 29.1 Å². The summed E-state index contributed by atoms with van der Waals surface area (Å²) in [5.41, 5.74) is 7.19. The van der Waals surface area contributed by atoms with E-state index in [1.807, 2.05) is 25.1 Å². The van der Waals surface area contributed by atoms with Crippen molar-refractivity contribution in [2.45, 2.75) is 38.1 Å². The molecule has 0 spiro atoms. The van der Waals surface area contributed by atoms with Crippen molar-refractivity contribution < 1.29 is 5.11 Å². The molecule has 4 N–H and O–H groups in total. The van der Waals surface area contributed by atoms with Gasteiger partial charge >= 0.3 is 0 Å². The van der Waals surface area contributed by atoms with E-state index in [0.717, 1.165) is 31.2 Å². The number of rotatable bonds is 2. The minimum absolute atomic E-state index is 0.198. The molecule has 1 aliphatic rings. The van der Waals surface area contributed by atoms with Crippen LogP contribution in [0, 0.1) is 6.92 Å². The molecule has 3 rings (SSSR count). The summed E-state index contributed by atoms with van der Waals surface area (Å²) in [5.74, 6) is 0.134. The Morgan fingerprint density at radius 2 is 2.05 bits per heavy atom. The fourth-order valence-corrected chi connectivity index (χ4v) is 3.00. The third-order valence-corrected chi connectivity index (χ3v) is 4.17. The van der Waals surface area contributed by atoms with E-state index in [-0.39, 0.29) is 17.0 Å². The van der Waals surface area contributed by atoms with Crippen molar-refractivity contribution >= 4 is 0 Å². The molecule has 5 nitrogen and oxygen atoms in total. The standard InChI is InChI=1S/C16H19N3O2/c1-10-5-4-6-11(9-10)12-13(20)18-15(19-14(12)21)16(17)7-2-3-8-16/h4-6,9H,2-3,7-8,17H2,1H3,(H2,18,19,20,21). The van der Waals surface area contributed by atoms with E-state index in [4.69, 9.17) is 5.73 Å². The Morgan fingerprint density at radius 1 is 1.33 bits per heavy atom. The van der Waals surface area contributed by atoms with Crippen molar-refractivity contribution in [2.24, 2.45) is 5.73 Å². The van der Waals surface area contributed by atoms with E-state index in [9.17, 15) is 9.90 Å². The predicted molar refractivity (Wildman–Crippen MR) is 81.0 cm³/mol. The number of nitrogens with zero attached hydrogens (tertiary/aromatic N) is 1. The number of aromatic nitrogens is 2. The second-order valence-electron chi connectivity index (χ2n) is 5.85. The second-order valence-corrected chi connectivity index (χ2v) is 5.85. The quantitative estimate of drug-likeness (QED) is 0.788. The average Bonchev–Trinajstić information content (AvgIpc) is 2.86. The predicted octanol–water partition coefficient (Wildman–Crippen LogP) is 2.18. The number of aryl methyl sites for hydroxylation is 1. The Labute approximate surface area is 122 Å². The number of hydrogen-bond acceptors (Lipinski definition) is 4. The molecule has 0 bridgehead atoms. The van der Waals surface area contributed by atoms with Crippen LogP contribution in [0.3, 0.4) is 0 Å². The average molecular weight is 285 g/mol. The van der Waals surface area contributed by atoms with Crippen molar-refractivity contribution in [2.75, 3.05) is 0 Å². The van der Waals surface area contributed by atoms with E-state index in [2.05, 4.69) is 9.97 Å². The molecule has 1 saturated carbocycles. The molecule has 1 heterocycles. The van der Waals surface area contributed by atoms with Crippen LogP contribution in [0.1, 0.15) is 37.1 Å². The van der Waals surface area contributed by atoms with Crippen LogP contribution in [-0.4, -0.2) is 15.1 Å². The lowest BCUT2D eigenvalue weighted by Gasteiger charge is -2.22. The number of aromatic amines is 1. The molecule has 5 heteroatoms. The number of aromatic hydroxyl groups is 1. The van der Waals surface area contributed by atoms with Gasteiger partial charge in [-0.3, -0.25) is 4.79 Å². The normalized spacial score (nSPS) is 17.0. The zero-order valence-electron chi connectivity index (χ0n) is 12.0. The van der Waals surface area contributed by atoms with Crippen LogP contribution in [0.4, 0.5) is 0 Å². The molecule has 1 fully saturated rings. The van der Waals surface area contributed by atoms with Crippen LogP contribution in [0.2, 0.25) is 0 Å². The number of nitrogens with one attached hydrogen (secondary N) is 1. The third kappa shape index (κ3) is 2.45. The summed E-state index contributed by atoms with van der Waals surface area (Å²) in [4.78, 5) is 19.3. The number of H-pyrrole nitrogens is 1. The van der Waals surface area contributed by atoms with E-state index in [1.54, 1.807) is 6.07 Å². The summed E-state index contributed by atoms with van der Waals surface area (Å²) in [7, 11) is 0. The first-order valence-corrected chi connectivity index (χ1v) is 7.19. The summed E-state index contributed by atoms with van der Waals surface area (Å²) in [6, 6.07) is 7.41. The van der Waals surface area contributed by atoms with Gasteiger partial charge in [-0.15, -0.1) is 0 Å². The van der Waals surface area contributed by atoms with Crippen molar-refractivity contribution in [3.8, 4) is 17.0 Å². The first kappa shape index (κ1) is 13.8. The van der Waals surface area contributed by atoms with Crippen molar-refractivity contribution in [1.82, 2.24) is 9.97 Å². The lowest BCUT2D eigenvalue weighted by molar-refractivity contribution is 0.402. The fourth-order valence-electron chi connectivity index (χ4n) is 3.00. The molecule has 21 heavy (non-hydrogen) atoms. The second kappa shape index (κ2) is 5.00. The number of hydrogen-bond donors (Lipinski definition) is 3. The molecule has 1 aromatic heterocycles. The lowest BCUT2D eigenvalue weighted by atomic mass is 9.97. The summed E-state index contributed by atoms with van der Waals surface area (Å²) in [5, 5.41) is 10.2. The highest BCUT2D eigenvalue weighted by Crippen LogP contribution is 2.35. The Morgan fingerprint density at radius 3 is 2.67 bits per heavy atom. The molecule has 0 amide bonds. The zero-order valence-corrected chi connectivity index (χ0v) is 12.0. The minimum Gasteiger partial charge on any atom is -0.493 e. The van der Waals surface area contributed by atoms with Gasteiger partial charge in [-0.1, -0.05) is 42.7 Å². The van der Waals surface area contributed by atoms with Gasteiger partial charge in [0, 0.05) is 0 Å². The van der Waals surface area contributed by atoms with Crippen LogP contribution in [-0.2, 0) is 5.54 Å². The van der Waals surface area contributed by atoms with Gasteiger partial charge in [0.15, 0.2) is 0 Å². The molecule has 0 aliphatic heterocycles. The van der Waals surface area contributed by atoms with Gasteiger partial charge in [-0.2, -0.15) is 4.98 Å². The smallest absolute Gasteiger partial charge is 0.262 e. The maximum absolute atomic E-state index is 12.4. The highest BCUT2D eigenvalue weighted by molar-refractivity contribution is 5.67. The van der Waals surface area contributed by atoms with Crippen molar-refractivity contribution in [3.63, 3.8) is 0 Å². The Kier molecular flexibility index (Phi) is 3.29. The maximum atomic E-state index is 12.4. The summed E-state index contributed by atoms with van der Waals surface area (Å²) < 4.78 is 0. The molecule has 0 unspecified atom stereocenters. The van der Waals surface area contributed by atoms with Gasteiger partial charge in [0.25, 0.3) is 5.56 Å². The number of benzene rings is 1. The fraction of sp³-hybridized carbons (Fsp3) is 0.375. The molecule has 0 saturated heterocycles. The van der Waals surface area contributed by atoms with E-state index in [0.29, 0.717) is 11.4 Å². The van der Waals surface area contributed by atoms with Crippen LogP contribution in [0.25, 0.3) is 11.1 Å². The summed E-state index contributed by atoms with van der Waals surface area (Å²) in [6.45, 7) is 1.93. The number of nitrogens with two attached hydrogens (primary N) is 1. The summed E-state index contributed by atoms with van der Waals surface area (Å²) >= 11 is 0. The Balaban J connectivity index is 2.11. The molecule has 1 aliphatic carbocycles. The van der Waals surface area contributed by atoms with Gasteiger partial charge in [0.1, 0.15) is 11.4 Å². The molecule has 2 aromatic rings. The Bertz CT molecular complexity index is 731. The SMILES string of the molecule is Cc1cccc(-c2c(O)nc(C3(N)CCCC3)[nH]c2=O)c1. The van der Waals surface area contributed by atoms with Crippen LogP contribution in [0.5, 0.6) is 5.88 Å².